The van der Waals surface area contributed by atoms with Gasteiger partial charge in [-0.3, -0.25) is 9.59 Å². The molecule has 0 aromatic heterocycles. The zero-order chi connectivity index (χ0) is 13.8. The number of amidine groups is 1. The monoisotopic (exact) mass is 274 g/mol. The number of amides is 2. The number of thioether (sulfide) groups is 1. The first-order chi connectivity index (χ1) is 9.13. The molecule has 0 saturated carbocycles. The molecule has 0 bridgehead atoms. The lowest BCUT2D eigenvalue weighted by Gasteiger charge is -2.11. The number of benzene rings is 1. The van der Waals surface area contributed by atoms with Crippen molar-refractivity contribution in [2.45, 2.75) is 12.2 Å². The Kier molecular flexibility index (Phi) is 3.82. The van der Waals surface area contributed by atoms with Gasteiger partial charge < -0.3 is 5.32 Å². The molecule has 1 aromatic carbocycles. The second-order valence-corrected chi connectivity index (χ2v) is 4.63. The molecule has 7 heteroatoms. The fourth-order valence-corrected chi connectivity index (χ4v) is 2.15. The lowest BCUT2D eigenvalue weighted by Crippen LogP contribution is -2.37. The number of rotatable bonds is 2. The van der Waals surface area contributed by atoms with Crippen LogP contribution in [0.5, 0.6) is 0 Å². The Hall–Kier alpha value is -2.33. The summed E-state index contributed by atoms with van der Waals surface area (Å²) in [5.41, 5.74) is 0.594. The van der Waals surface area contributed by atoms with Gasteiger partial charge >= 0.3 is 0 Å². The molecule has 6 nitrogen and oxygen atoms in total. The summed E-state index contributed by atoms with van der Waals surface area (Å²) in [6.45, 7) is 1.33. The molecule has 1 aliphatic heterocycles. The van der Waals surface area contributed by atoms with Crippen LogP contribution in [-0.4, -0.2) is 22.9 Å². The third-order valence-electron chi connectivity index (χ3n) is 2.36. The highest BCUT2D eigenvalue weighted by molar-refractivity contribution is 8.05. The van der Waals surface area contributed by atoms with Crippen molar-refractivity contribution in [3.8, 4) is 5.40 Å². The fourth-order valence-electron chi connectivity index (χ4n) is 1.62. The van der Waals surface area contributed by atoms with Crippen molar-refractivity contribution < 1.29 is 9.59 Å². The van der Waals surface area contributed by atoms with Crippen LogP contribution in [0.1, 0.15) is 6.92 Å². The van der Waals surface area contributed by atoms with Crippen LogP contribution in [0, 0.1) is 10.7 Å². The number of hydrogen-bond donors (Lipinski definition) is 1. The summed E-state index contributed by atoms with van der Waals surface area (Å²) in [7, 11) is 0. The van der Waals surface area contributed by atoms with Gasteiger partial charge in [0.05, 0.1) is 5.69 Å². The van der Waals surface area contributed by atoms with Gasteiger partial charge in [-0.15, -0.1) is 5.10 Å². The standard InChI is InChI=1S/C12H10N4O2S/c1-8(17)14-11-10(19-7-13)12(18)16(15-11)9-5-3-2-4-6-9/h2-6,10H,1H3,(H,14,15,17)/t10-/m0/s1. The van der Waals surface area contributed by atoms with Crippen molar-refractivity contribution >= 4 is 35.1 Å². The predicted octanol–water partition coefficient (Wildman–Crippen LogP) is 1.07. The summed E-state index contributed by atoms with van der Waals surface area (Å²) in [5.74, 6) is -0.487. The van der Waals surface area contributed by atoms with Gasteiger partial charge in [0.25, 0.3) is 5.91 Å². The van der Waals surface area contributed by atoms with E-state index in [1.54, 1.807) is 24.3 Å². The quantitative estimate of drug-likeness (QED) is 0.817. The van der Waals surface area contributed by atoms with E-state index in [1.165, 1.54) is 11.9 Å². The number of hydrazone groups is 1. The number of nitrogens with one attached hydrogen (secondary N) is 1. The highest BCUT2D eigenvalue weighted by Crippen LogP contribution is 2.25. The van der Waals surface area contributed by atoms with E-state index in [0.717, 1.165) is 11.8 Å². The highest BCUT2D eigenvalue weighted by atomic mass is 32.2. The number of nitrogens with zero attached hydrogens (tertiary/aromatic N) is 3. The zero-order valence-electron chi connectivity index (χ0n) is 10.0. The van der Waals surface area contributed by atoms with E-state index in [4.69, 9.17) is 5.26 Å². The Balaban J connectivity index is 2.32. The molecule has 0 saturated heterocycles. The summed E-state index contributed by atoms with van der Waals surface area (Å²) < 4.78 is 0. The topological polar surface area (TPSA) is 85.6 Å². The van der Waals surface area contributed by atoms with Gasteiger partial charge in [0.1, 0.15) is 5.40 Å². The van der Waals surface area contributed by atoms with Crippen LogP contribution in [0.25, 0.3) is 0 Å². The molecule has 0 radical (unpaired) electrons. The lowest BCUT2D eigenvalue weighted by atomic mass is 10.3. The normalized spacial score (nSPS) is 17.9. The van der Waals surface area contributed by atoms with Crippen LogP contribution in [0.2, 0.25) is 0 Å². The predicted molar refractivity (Wildman–Crippen MR) is 72.2 cm³/mol. The largest absolute Gasteiger partial charge is 0.312 e. The minimum Gasteiger partial charge on any atom is -0.312 e. The maximum absolute atomic E-state index is 12.2. The summed E-state index contributed by atoms with van der Waals surface area (Å²) in [6.07, 6.45) is 0. The summed E-state index contributed by atoms with van der Waals surface area (Å²) in [6, 6.07) is 8.84. The van der Waals surface area contributed by atoms with Crippen LogP contribution in [0.15, 0.2) is 35.4 Å². The Morgan fingerprint density at radius 1 is 1.47 bits per heavy atom. The fraction of sp³-hybridized carbons (Fsp3) is 0.167. The number of carbonyl (C=O) groups excluding carboxylic acids is 2. The molecule has 19 heavy (non-hydrogen) atoms. The Bertz CT molecular complexity index is 579. The molecule has 1 aromatic rings. The molecule has 0 fully saturated rings. The molecule has 0 aliphatic carbocycles. The highest BCUT2D eigenvalue weighted by Gasteiger charge is 2.38. The third-order valence-corrected chi connectivity index (χ3v) is 3.13. The number of hydrogen-bond acceptors (Lipinski definition) is 5. The minimum atomic E-state index is -0.797. The molecular formula is C12H10N4O2S. The Morgan fingerprint density at radius 3 is 2.74 bits per heavy atom. The Labute approximate surface area is 114 Å². The van der Waals surface area contributed by atoms with Crippen molar-refractivity contribution in [3.05, 3.63) is 30.3 Å². The van der Waals surface area contributed by atoms with E-state index in [-0.39, 0.29) is 17.6 Å². The van der Waals surface area contributed by atoms with Crippen molar-refractivity contribution in [2.75, 3.05) is 5.01 Å². The summed E-state index contributed by atoms with van der Waals surface area (Å²) in [5, 5.41) is 17.5. The average molecular weight is 274 g/mol. The molecule has 2 amide bonds. The van der Waals surface area contributed by atoms with E-state index >= 15 is 0 Å². The molecule has 0 spiro atoms. The maximum Gasteiger partial charge on any atom is 0.269 e. The molecule has 96 valence electrons. The Morgan fingerprint density at radius 2 is 2.16 bits per heavy atom. The smallest absolute Gasteiger partial charge is 0.269 e. The van der Waals surface area contributed by atoms with Crippen LogP contribution >= 0.6 is 11.8 Å². The molecule has 0 unspecified atom stereocenters. The summed E-state index contributed by atoms with van der Waals surface area (Å²) >= 11 is 0.764. The first-order valence-corrected chi connectivity index (χ1v) is 6.31. The van der Waals surface area contributed by atoms with Crippen molar-refractivity contribution in [3.63, 3.8) is 0 Å². The zero-order valence-corrected chi connectivity index (χ0v) is 10.8. The van der Waals surface area contributed by atoms with Gasteiger partial charge in [0.15, 0.2) is 11.1 Å². The second-order valence-electron chi connectivity index (χ2n) is 3.74. The van der Waals surface area contributed by atoms with Crippen LogP contribution < -0.4 is 10.3 Å². The SMILES string of the molecule is CC(=O)NC1=NN(c2ccccc2)C(=O)[C@H]1SC#N. The molecular weight excluding hydrogens is 264 g/mol. The van der Waals surface area contributed by atoms with Crippen LogP contribution in [-0.2, 0) is 9.59 Å². The van der Waals surface area contributed by atoms with E-state index in [9.17, 15) is 9.59 Å². The van der Waals surface area contributed by atoms with Crippen molar-refractivity contribution in [1.29, 1.82) is 5.26 Å². The van der Waals surface area contributed by atoms with Gasteiger partial charge in [-0.25, -0.2) is 0 Å². The van der Waals surface area contributed by atoms with Crippen LogP contribution in [0.3, 0.4) is 0 Å². The van der Waals surface area contributed by atoms with Gasteiger partial charge in [-0.05, 0) is 23.9 Å². The second kappa shape index (κ2) is 5.54. The first-order valence-electron chi connectivity index (χ1n) is 5.43. The number of nitriles is 1. The molecule has 1 aliphatic rings. The molecule has 1 atom stereocenters. The molecule has 1 N–H and O–H groups in total. The number of para-hydroxylation sites is 1. The lowest BCUT2D eigenvalue weighted by molar-refractivity contribution is -0.117. The molecule has 2 rings (SSSR count). The first kappa shape index (κ1) is 13.1. The third kappa shape index (κ3) is 2.74. The van der Waals surface area contributed by atoms with Gasteiger partial charge in [-0.2, -0.15) is 10.3 Å². The number of thiocyanates is 1. The number of carbonyl (C=O) groups is 2. The van der Waals surface area contributed by atoms with Gasteiger partial charge in [0.2, 0.25) is 5.91 Å². The van der Waals surface area contributed by atoms with Crippen LogP contribution in [0.4, 0.5) is 5.69 Å². The maximum atomic E-state index is 12.2. The molecule has 1 heterocycles. The van der Waals surface area contributed by atoms with E-state index < -0.39 is 5.25 Å². The minimum absolute atomic E-state index is 0.188. The van der Waals surface area contributed by atoms with E-state index in [0.29, 0.717) is 5.69 Å². The number of anilines is 1. The summed E-state index contributed by atoms with van der Waals surface area (Å²) in [4.78, 5) is 23.3. The van der Waals surface area contributed by atoms with Crippen molar-refractivity contribution in [2.24, 2.45) is 5.10 Å². The van der Waals surface area contributed by atoms with Crippen molar-refractivity contribution in [1.82, 2.24) is 5.32 Å². The van der Waals surface area contributed by atoms with E-state index in [1.807, 2.05) is 11.5 Å². The average Bonchev–Trinajstić information content (AvgIpc) is 2.68. The van der Waals surface area contributed by atoms with E-state index in [2.05, 4.69) is 10.4 Å². The van der Waals surface area contributed by atoms with Gasteiger partial charge in [-0.1, -0.05) is 18.2 Å². The van der Waals surface area contributed by atoms with Gasteiger partial charge in [0, 0.05) is 6.92 Å².